The van der Waals surface area contributed by atoms with Crippen LogP contribution in [0.3, 0.4) is 0 Å². The lowest BCUT2D eigenvalue weighted by atomic mass is 9.90. The van der Waals surface area contributed by atoms with Gasteiger partial charge in [0.25, 0.3) is 0 Å². The van der Waals surface area contributed by atoms with Gasteiger partial charge in [0, 0.05) is 6.42 Å². The van der Waals surface area contributed by atoms with Gasteiger partial charge in [-0.05, 0) is 24.7 Å². The molecule has 0 aromatic carbocycles. The minimum atomic E-state index is -3.72. The molecule has 0 aromatic rings. The van der Waals surface area contributed by atoms with Gasteiger partial charge in [0.05, 0.1) is 25.0 Å². The summed E-state index contributed by atoms with van der Waals surface area (Å²) in [6, 6.07) is 0. The molecule has 0 saturated heterocycles. The lowest BCUT2D eigenvalue weighted by Gasteiger charge is -2.30. The monoisotopic (exact) mass is 380 g/mol. The molecule has 0 spiro atoms. The van der Waals surface area contributed by atoms with Crippen molar-refractivity contribution in [3.8, 4) is 0 Å². The van der Waals surface area contributed by atoms with Gasteiger partial charge in [0.1, 0.15) is 0 Å². The van der Waals surface area contributed by atoms with Crippen LogP contribution in [-0.2, 0) is 9.09 Å². The second-order valence-corrected chi connectivity index (χ2v) is 9.11. The van der Waals surface area contributed by atoms with E-state index in [-0.39, 0.29) is 31.0 Å². The summed E-state index contributed by atoms with van der Waals surface area (Å²) in [6.45, 7) is 7.97. The predicted molar refractivity (Wildman–Crippen MR) is 104 cm³/mol. The van der Waals surface area contributed by atoms with Crippen molar-refractivity contribution in [1.29, 1.82) is 0 Å². The Hall–Kier alpha value is 0.0700. The molecule has 25 heavy (non-hydrogen) atoms. The van der Waals surface area contributed by atoms with E-state index in [1.807, 2.05) is 13.8 Å². The lowest BCUT2D eigenvalue weighted by Crippen LogP contribution is -2.30. The smallest absolute Gasteiger partial charge is 0.328 e. The van der Waals surface area contributed by atoms with Crippen molar-refractivity contribution in [2.24, 2.45) is 11.8 Å². The Balaban J connectivity index is 5.00. The van der Waals surface area contributed by atoms with E-state index in [1.54, 1.807) is 0 Å². The Morgan fingerprint density at radius 3 is 2.08 bits per heavy atom. The third-order valence-corrected chi connectivity index (χ3v) is 6.60. The maximum atomic E-state index is 12.7. The SMILES string of the molecule is CCCCC(CC)CP(=O)(O)OC(CC(O)CO)C(CC)CCCC. The van der Waals surface area contributed by atoms with E-state index in [2.05, 4.69) is 13.8 Å². The van der Waals surface area contributed by atoms with Crippen molar-refractivity contribution in [1.82, 2.24) is 0 Å². The Bertz CT molecular complexity index is 364. The summed E-state index contributed by atoms with van der Waals surface area (Å²) < 4.78 is 18.4. The fraction of sp³-hybridized carbons (Fsp3) is 1.00. The van der Waals surface area contributed by atoms with Gasteiger partial charge in [0.15, 0.2) is 0 Å². The molecule has 5 unspecified atom stereocenters. The van der Waals surface area contributed by atoms with Gasteiger partial charge in [-0.15, -0.1) is 0 Å². The second kappa shape index (κ2) is 14.2. The maximum absolute atomic E-state index is 12.7. The molecule has 0 aliphatic carbocycles. The molecule has 0 bridgehead atoms. The van der Waals surface area contributed by atoms with E-state index in [0.717, 1.165) is 51.4 Å². The van der Waals surface area contributed by atoms with Crippen LogP contribution in [0.5, 0.6) is 0 Å². The largest absolute Gasteiger partial charge is 0.394 e. The van der Waals surface area contributed by atoms with Crippen molar-refractivity contribution < 1.29 is 24.2 Å². The van der Waals surface area contributed by atoms with Gasteiger partial charge in [-0.25, -0.2) is 0 Å². The van der Waals surface area contributed by atoms with E-state index in [1.165, 1.54) is 0 Å². The average Bonchev–Trinajstić information content (AvgIpc) is 2.58. The predicted octanol–water partition coefficient (Wildman–Crippen LogP) is 4.73. The zero-order valence-electron chi connectivity index (χ0n) is 16.7. The molecule has 0 radical (unpaired) electrons. The first kappa shape index (κ1) is 25.1. The van der Waals surface area contributed by atoms with E-state index >= 15 is 0 Å². The first-order valence-corrected chi connectivity index (χ1v) is 11.9. The molecule has 0 saturated carbocycles. The highest BCUT2D eigenvalue weighted by Gasteiger charge is 2.32. The molecule has 5 atom stereocenters. The lowest BCUT2D eigenvalue weighted by molar-refractivity contribution is 0.0215. The third kappa shape index (κ3) is 11.4. The number of unbranched alkanes of at least 4 members (excludes halogenated alkanes) is 2. The highest BCUT2D eigenvalue weighted by molar-refractivity contribution is 7.52. The molecule has 152 valence electrons. The van der Waals surface area contributed by atoms with Crippen LogP contribution < -0.4 is 0 Å². The highest BCUT2D eigenvalue weighted by Crippen LogP contribution is 2.48. The Morgan fingerprint density at radius 2 is 1.60 bits per heavy atom. The fourth-order valence-electron chi connectivity index (χ4n) is 3.28. The van der Waals surface area contributed by atoms with Crippen molar-refractivity contribution in [3.63, 3.8) is 0 Å². The van der Waals surface area contributed by atoms with Crippen molar-refractivity contribution >= 4 is 7.60 Å². The summed E-state index contributed by atoms with van der Waals surface area (Å²) in [6.07, 6.45) is 6.73. The van der Waals surface area contributed by atoms with Crippen molar-refractivity contribution in [2.45, 2.75) is 97.7 Å². The molecule has 0 fully saturated rings. The fourth-order valence-corrected chi connectivity index (χ4v) is 5.14. The topological polar surface area (TPSA) is 87.0 Å². The maximum Gasteiger partial charge on any atom is 0.328 e. The molecule has 3 N–H and O–H groups in total. The van der Waals surface area contributed by atoms with Gasteiger partial charge in [-0.2, -0.15) is 0 Å². The number of rotatable bonds is 16. The number of aliphatic hydroxyl groups excluding tert-OH is 2. The molecule has 6 heteroatoms. The average molecular weight is 381 g/mol. The summed E-state index contributed by atoms with van der Waals surface area (Å²) >= 11 is 0. The van der Waals surface area contributed by atoms with Crippen LogP contribution in [0.4, 0.5) is 0 Å². The van der Waals surface area contributed by atoms with Crippen LogP contribution in [0.2, 0.25) is 0 Å². The normalized spacial score (nSPS) is 19.2. The zero-order valence-corrected chi connectivity index (χ0v) is 17.6. The van der Waals surface area contributed by atoms with Gasteiger partial charge in [-0.1, -0.05) is 66.2 Å². The Labute approximate surface area is 154 Å². The molecule has 0 aromatic heterocycles. The summed E-state index contributed by atoms with van der Waals surface area (Å²) in [5, 5.41) is 19.0. The van der Waals surface area contributed by atoms with Gasteiger partial charge < -0.3 is 19.6 Å². The summed E-state index contributed by atoms with van der Waals surface area (Å²) in [5.41, 5.74) is 0. The first-order valence-electron chi connectivity index (χ1n) is 10.1. The second-order valence-electron chi connectivity index (χ2n) is 7.26. The van der Waals surface area contributed by atoms with E-state index < -0.39 is 19.8 Å². The Kier molecular flexibility index (Phi) is 14.2. The Morgan fingerprint density at radius 1 is 1.00 bits per heavy atom. The highest BCUT2D eigenvalue weighted by atomic mass is 31.2. The third-order valence-electron chi connectivity index (χ3n) is 5.03. The molecule has 5 nitrogen and oxygen atoms in total. The van der Waals surface area contributed by atoms with Crippen molar-refractivity contribution in [2.75, 3.05) is 12.8 Å². The minimum Gasteiger partial charge on any atom is -0.394 e. The van der Waals surface area contributed by atoms with Crippen LogP contribution in [0.25, 0.3) is 0 Å². The van der Waals surface area contributed by atoms with Crippen LogP contribution in [0.1, 0.15) is 85.5 Å². The summed E-state index contributed by atoms with van der Waals surface area (Å²) in [7, 11) is -3.72. The standard InChI is InChI=1S/C19H41O5P/c1-5-9-11-16(7-3)15-25(22,23)24-19(13-18(21)14-20)17(8-4)12-10-6-2/h16-21H,5-15H2,1-4H3,(H,22,23). The number of hydrogen-bond donors (Lipinski definition) is 3. The summed E-state index contributed by atoms with van der Waals surface area (Å²) in [5.74, 6) is 0.312. The van der Waals surface area contributed by atoms with Gasteiger partial charge in [0.2, 0.25) is 0 Å². The molecular formula is C19H41O5P. The molecule has 0 amide bonds. The van der Waals surface area contributed by atoms with Gasteiger partial charge in [-0.3, -0.25) is 4.57 Å². The number of aliphatic hydroxyl groups is 2. The summed E-state index contributed by atoms with van der Waals surface area (Å²) in [4.78, 5) is 10.4. The van der Waals surface area contributed by atoms with E-state index in [0.29, 0.717) is 0 Å². The molecule has 0 aliphatic rings. The van der Waals surface area contributed by atoms with Crippen LogP contribution in [0, 0.1) is 11.8 Å². The van der Waals surface area contributed by atoms with Crippen LogP contribution in [-0.4, -0.2) is 40.1 Å². The first-order chi connectivity index (χ1) is 11.8. The van der Waals surface area contributed by atoms with E-state index in [9.17, 15) is 14.6 Å². The van der Waals surface area contributed by atoms with Crippen molar-refractivity contribution in [3.05, 3.63) is 0 Å². The van der Waals surface area contributed by atoms with Gasteiger partial charge >= 0.3 is 7.60 Å². The van der Waals surface area contributed by atoms with Crippen LogP contribution >= 0.6 is 7.60 Å². The minimum absolute atomic E-state index is 0.123. The molecule has 0 rings (SSSR count). The molecule has 0 aliphatic heterocycles. The van der Waals surface area contributed by atoms with E-state index in [4.69, 9.17) is 9.63 Å². The zero-order chi connectivity index (χ0) is 19.3. The molecular weight excluding hydrogens is 339 g/mol. The quantitative estimate of drug-likeness (QED) is 0.337. The number of hydrogen-bond acceptors (Lipinski definition) is 4. The molecule has 0 heterocycles. The van der Waals surface area contributed by atoms with Crippen LogP contribution in [0.15, 0.2) is 0 Å².